The van der Waals surface area contributed by atoms with Crippen molar-refractivity contribution in [3.8, 4) is 0 Å². The van der Waals surface area contributed by atoms with Gasteiger partial charge in [0.15, 0.2) is 0 Å². The summed E-state index contributed by atoms with van der Waals surface area (Å²) in [6.45, 7) is 0. The highest BCUT2D eigenvalue weighted by molar-refractivity contribution is 5.83. The average Bonchev–Trinajstić information content (AvgIpc) is 2.67. The molecular formula is C11H18N2O3. The molecule has 1 saturated carbocycles. The van der Waals surface area contributed by atoms with E-state index < -0.39 is 12.0 Å². The third kappa shape index (κ3) is 1.74. The Kier molecular flexibility index (Phi) is 3.03. The van der Waals surface area contributed by atoms with Crippen LogP contribution < -0.4 is 5.32 Å². The number of carbonyl (C=O) groups is 2. The molecule has 2 amide bonds. The third-order valence-electron chi connectivity index (χ3n) is 3.82. The van der Waals surface area contributed by atoms with E-state index in [2.05, 4.69) is 5.32 Å². The Bertz CT molecular complexity index is 306. The molecule has 3 atom stereocenters. The minimum absolute atomic E-state index is 0.134. The van der Waals surface area contributed by atoms with E-state index in [1.165, 1.54) is 0 Å². The lowest BCUT2D eigenvalue weighted by Gasteiger charge is -2.32. The van der Waals surface area contributed by atoms with E-state index in [1.807, 2.05) is 0 Å². The minimum atomic E-state index is -0.877. The van der Waals surface area contributed by atoms with Gasteiger partial charge >= 0.3 is 12.0 Å². The molecule has 1 saturated heterocycles. The Morgan fingerprint density at radius 2 is 2.00 bits per heavy atom. The first-order valence-electron chi connectivity index (χ1n) is 5.88. The molecule has 3 unspecified atom stereocenters. The van der Waals surface area contributed by atoms with E-state index in [-0.39, 0.29) is 12.1 Å². The fourth-order valence-corrected chi connectivity index (χ4v) is 3.10. The van der Waals surface area contributed by atoms with E-state index in [0.29, 0.717) is 12.3 Å². The maximum Gasteiger partial charge on any atom is 0.326 e. The van der Waals surface area contributed by atoms with Gasteiger partial charge in [-0.05, 0) is 25.2 Å². The number of carboxylic acids is 1. The Hall–Kier alpha value is -1.26. The zero-order valence-electron chi connectivity index (χ0n) is 9.48. The van der Waals surface area contributed by atoms with Crippen molar-refractivity contribution in [2.75, 3.05) is 7.05 Å². The molecule has 90 valence electrons. The van der Waals surface area contributed by atoms with Gasteiger partial charge in [-0.3, -0.25) is 0 Å². The second-order valence-corrected chi connectivity index (χ2v) is 4.66. The zero-order valence-corrected chi connectivity index (χ0v) is 9.48. The fraction of sp³-hybridized carbons (Fsp3) is 0.818. The number of urea groups is 1. The molecule has 1 aliphatic heterocycles. The number of rotatable bonds is 1. The molecule has 0 aromatic rings. The number of nitrogens with one attached hydrogen (secondary N) is 1. The Morgan fingerprint density at radius 3 is 2.62 bits per heavy atom. The van der Waals surface area contributed by atoms with Crippen LogP contribution in [0.3, 0.4) is 0 Å². The molecule has 2 aliphatic rings. The monoisotopic (exact) mass is 226 g/mol. The Balaban J connectivity index is 2.20. The van der Waals surface area contributed by atoms with Crippen molar-refractivity contribution in [3.63, 3.8) is 0 Å². The van der Waals surface area contributed by atoms with Crippen LogP contribution in [0.4, 0.5) is 4.79 Å². The summed E-state index contributed by atoms with van der Waals surface area (Å²) in [5.74, 6) is -0.495. The van der Waals surface area contributed by atoms with Gasteiger partial charge in [0.05, 0.1) is 0 Å². The number of carboxylic acid groups (broad SMARTS) is 1. The van der Waals surface area contributed by atoms with E-state index in [1.54, 1.807) is 11.9 Å². The molecule has 0 spiro atoms. The SMILES string of the molecule is CNC(=O)N1C(C(=O)O)CC2CCCCC21. The molecule has 2 fully saturated rings. The highest BCUT2D eigenvalue weighted by atomic mass is 16.4. The maximum atomic E-state index is 11.7. The summed E-state index contributed by atoms with van der Waals surface area (Å²) in [5, 5.41) is 11.7. The Morgan fingerprint density at radius 1 is 1.31 bits per heavy atom. The van der Waals surface area contributed by atoms with Crippen LogP contribution in [0.1, 0.15) is 32.1 Å². The average molecular weight is 226 g/mol. The van der Waals surface area contributed by atoms with Gasteiger partial charge in [0, 0.05) is 13.1 Å². The number of hydrogen-bond acceptors (Lipinski definition) is 2. The standard InChI is InChI=1S/C11H18N2O3/c1-12-11(16)13-8-5-3-2-4-7(8)6-9(13)10(14)15/h7-9H,2-6H2,1H3,(H,12,16)(H,14,15). The number of hydrogen-bond donors (Lipinski definition) is 2. The number of aliphatic carboxylic acids is 1. The first-order valence-corrected chi connectivity index (χ1v) is 5.88. The smallest absolute Gasteiger partial charge is 0.326 e. The topological polar surface area (TPSA) is 69.6 Å². The van der Waals surface area contributed by atoms with Gasteiger partial charge in [-0.2, -0.15) is 0 Å². The summed E-state index contributed by atoms with van der Waals surface area (Å²) in [6, 6.07) is -0.746. The molecule has 0 aromatic carbocycles. The number of amides is 2. The fourth-order valence-electron chi connectivity index (χ4n) is 3.10. The van der Waals surface area contributed by atoms with E-state index in [9.17, 15) is 9.59 Å². The van der Waals surface area contributed by atoms with Crippen LogP contribution in [0.15, 0.2) is 0 Å². The lowest BCUT2D eigenvalue weighted by atomic mass is 9.85. The molecule has 5 heteroatoms. The van der Waals surface area contributed by atoms with Crippen molar-refractivity contribution in [3.05, 3.63) is 0 Å². The van der Waals surface area contributed by atoms with E-state index in [0.717, 1.165) is 25.7 Å². The van der Waals surface area contributed by atoms with Crippen molar-refractivity contribution in [1.29, 1.82) is 0 Å². The van der Waals surface area contributed by atoms with Crippen molar-refractivity contribution in [1.82, 2.24) is 10.2 Å². The minimum Gasteiger partial charge on any atom is -0.480 e. The normalized spacial score (nSPS) is 33.3. The van der Waals surface area contributed by atoms with Crippen molar-refractivity contribution >= 4 is 12.0 Å². The van der Waals surface area contributed by atoms with E-state index >= 15 is 0 Å². The van der Waals surface area contributed by atoms with Gasteiger partial charge in [0.2, 0.25) is 0 Å². The Labute approximate surface area is 94.8 Å². The number of likely N-dealkylation sites (tertiary alicyclic amines) is 1. The highest BCUT2D eigenvalue weighted by Gasteiger charge is 2.47. The number of fused-ring (bicyclic) bond motifs is 1. The molecule has 0 aromatic heterocycles. The summed E-state index contributed by atoms with van der Waals surface area (Å²) < 4.78 is 0. The molecular weight excluding hydrogens is 208 g/mol. The molecule has 5 nitrogen and oxygen atoms in total. The van der Waals surface area contributed by atoms with E-state index in [4.69, 9.17) is 5.11 Å². The van der Waals surface area contributed by atoms with Crippen LogP contribution in [0.5, 0.6) is 0 Å². The van der Waals surface area contributed by atoms with Gasteiger partial charge in [-0.25, -0.2) is 9.59 Å². The molecule has 0 bridgehead atoms. The van der Waals surface area contributed by atoms with Crippen molar-refractivity contribution < 1.29 is 14.7 Å². The van der Waals surface area contributed by atoms with Gasteiger partial charge in [-0.1, -0.05) is 12.8 Å². The second kappa shape index (κ2) is 4.31. The summed E-state index contributed by atoms with van der Waals surface area (Å²) in [6.07, 6.45) is 4.88. The lowest BCUT2D eigenvalue weighted by Crippen LogP contribution is -2.49. The van der Waals surface area contributed by atoms with Gasteiger partial charge in [-0.15, -0.1) is 0 Å². The summed E-state index contributed by atoms with van der Waals surface area (Å²) >= 11 is 0. The van der Waals surface area contributed by atoms with Crippen molar-refractivity contribution in [2.45, 2.75) is 44.2 Å². The summed E-state index contributed by atoms with van der Waals surface area (Å²) in [7, 11) is 1.55. The molecule has 2 rings (SSSR count). The number of nitrogens with zero attached hydrogens (tertiary/aromatic N) is 1. The van der Waals surface area contributed by atoms with Crippen LogP contribution in [0.25, 0.3) is 0 Å². The summed E-state index contributed by atoms with van der Waals surface area (Å²) in [4.78, 5) is 24.4. The largest absolute Gasteiger partial charge is 0.480 e. The van der Waals surface area contributed by atoms with Gasteiger partial charge in [0.1, 0.15) is 6.04 Å². The van der Waals surface area contributed by atoms with Crippen LogP contribution in [0, 0.1) is 5.92 Å². The van der Waals surface area contributed by atoms with Crippen LogP contribution >= 0.6 is 0 Å². The molecule has 1 aliphatic carbocycles. The highest BCUT2D eigenvalue weighted by Crippen LogP contribution is 2.39. The number of carbonyl (C=O) groups excluding carboxylic acids is 1. The third-order valence-corrected chi connectivity index (χ3v) is 3.82. The van der Waals surface area contributed by atoms with Gasteiger partial charge < -0.3 is 15.3 Å². The van der Waals surface area contributed by atoms with Crippen molar-refractivity contribution in [2.24, 2.45) is 5.92 Å². The summed E-state index contributed by atoms with van der Waals surface area (Å²) in [5.41, 5.74) is 0. The molecule has 16 heavy (non-hydrogen) atoms. The second-order valence-electron chi connectivity index (χ2n) is 4.66. The molecule has 1 heterocycles. The predicted molar refractivity (Wildman–Crippen MR) is 58.1 cm³/mol. The lowest BCUT2D eigenvalue weighted by molar-refractivity contribution is -0.141. The molecule has 2 N–H and O–H groups in total. The first kappa shape index (κ1) is 11.2. The van der Waals surface area contributed by atoms with Gasteiger partial charge in [0.25, 0.3) is 0 Å². The quantitative estimate of drug-likeness (QED) is 0.702. The van der Waals surface area contributed by atoms with Crippen LogP contribution in [-0.2, 0) is 4.79 Å². The first-order chi connectivity index (χ1) is 7.65. The van der Waals surface area contributed by atoms with Crippen LogP contribution in [-0.4, -0.2) is 41.1 Å². The predicted octanol–water partition coefficient (Wildman–Crippen LogP) is 1.04. The maximum absolute atomic E-state index is 11.7. The zero-order chi connectivity index (χ0) is 11.7. The van der Waals surface area contributed by atoms with Crippen LogP contribution in [0.2, 0.25) is 0 Å². The molecule has 0 radical (unpaired) electrons.